The van der Waals surface area contributed by atoms with Gasteiger partial charge in [-0.3, -0.25) is 0 Å². The average molecular weight is 218 g/mol. The summed E-state index contributed by atoms with van der Waals surface area (Å²) in [6.45, 7) is 0. The lowest BCUT2D eigenvalue weighted by molar-refractivity contribution is 0.230. The first kappa shape index (κ1) is 11.4. The van der Waals surface area contributed by atoms with Gasteiger partial charge in [-0.25, -0.2) is 18.0 Å². The van der Waals surface area contributed by atoms with Gasteiger partial charge in [-0.2, -0.15) is 0 Å². The molecule has 0 unspecified atom stereocenters. The molecule has 0 saturated heterocycles. The van der Waals surface area contributed by atoms with Crippen molar-refractivity contribution in [2.45, 2.75) is 0 Å². The van der Waals surface area contributed by atoms with Crippen LogP contribution in [0.5, 0.6) is 0 Å². The number of halogens is 3. The summed E-state index contributed by atoms with van der Waals surface area (Å²) in [6.07, 6.45) is 0. The molecule has 1 N–H and O–H groups in total. The zero-order chi connectivity index (χ0) is 11.6. The Balaban J connectivity index is 2.99. The van der Waals surface area contributed by atoms with Crippen LogP contribution in [0.4, 0.5) is 23.7 Å². The van der Waals surface area contributed by atoms with Crippen LogP contribution < -0.4 is 5.32 Å². The monoisotopic (exact) mass is 218 g/mol. The van der Waals surface area contributed by atoms with Crippen molar-refractivity contribution in [3.8, 4) is 0 Å². The molecule has 0 aliphatic rings. The van der Waals surface area contributed by atoms with E-state index in [1.807, 2.05) is 5.32 Å². The van der Waals surface area contributed by atoms with Crippen molar-refractivity contribution in [3.05, 3.63) is 29.6 Å². The van der Waals surface area contributed by atoms with E-state index in [9.17, 15) is 18.0 Å². The standard InChI is InChI=1S/C9H9F3N2O/c1-14(2)9(15)13-7-4-5(10)3-6(11)8(7)12/h3-4H,1-2H3,(H,13,15). The molecule has 0 spiro atoms. The summed E-state index contributed by atoms with van der Waals surface area (Å²) in [6, 6.07) is 0.444. The Kier molecular flexibility index (Phi) is 3.18. The SMILES string of the molecule is CN(C)C(=O)Nc1cc(F)cc(F)c1F. The largest absolute Gasteiger partial charge is 0.331 e. The molecule has 0 heterocycles. The molecule has 0 radical (unpaired) electrons. The van der Waals surface area contributed by atoms with Gasteiger partial charge in [0.25, 0.3) is 0 Å². The van der Waals surface area contributed by atoms with Gasteiger partial charge in [0, 0.05) is 26.2 Å². The summed E-state index contributed by atoms with van der Waals surface area (Å²) in [4.78, 5) is 12.2. The lowest BCUT2D eigenvalue weighted by Gasteiger charge is -2.12. The van der Waals surface area contributed by atoms with Crippen LogP contribution in [0, 0.1) is 17.5 Å². The second-order valence-electron chi connectivity index (χ2n) is 3.07. The third-order valence-corrected chi connectivity index (χ3v) is 1.64. The number of nitrogens with one attached hydrogen (secondary N) is 1. The van der Waals surface area contributed by atoms with Crippen molar-refractivity contribution in [3.63, 3.8) is 0 Å². The highest BCUT2D eigenvalue weighted by atomic mass is 19.2. The van der Waals surface area contributed by atoms with Crippen molar-refractivity contribution < 1.29 is 18.0 Å². The minimum atomic E-state index is -1.34. The number of rotatable bonds is 1. The minimum absolute atomic E-state index is 0.403. The van der Waals surface area contributed by atoms with Gasteiger partial charge in [0.15, 0.2) is 11.6 Å². The van der Waals surface area contributed by atoms with Gasteiger partial charge in [0.2, 0.25) is 0 Å². The maximum atomic E-state index is 13.0. The Bertz CT molecular complexity index is 393. The van der Waals surface area contributed by atoms with E-state index in [1.54, 1.807) is 0 Å². The predicted octanol–water partition coefficient (Wildman–Crippen LogP) is 2.20. The van der Waals surface area contributed by atoms with Crippen LogP contribution in [-0.2, 0) is 0 Å². The van der Waals surface area contributed by atoms with Crippen LogP contribution in [0.15, 0.2) is 12.1 Å². The average Bonchev–Trinajstić information content (AvgIpc) is 2.13. The summed E-state index contributed by atoms with van der Waals surface area (Å²) in [5, 5.41) is 2.02. The lowest BCUT2D eigenvalue weighted by atomic mass is 10.3. The fourth-order valence-electron chi connectivity index (χ4n) is 0.874. The van der Waals surface area contributed by atoms with Gasteiger partial charge in [0.05, 0.1) is 5.69 Å². The highest BCUT2D eigenvalue weighted by Gasteiger charge is 2.13. The van der Waals surface area contributed by atoms with Gasteiger partial charge in [-0.1, -0.05) is 0 Å². The Hall–Kier alpha value is -1.72. The summed E-state index contributed by atoms with van der Waals surface area (Å²) >= 11 is 0. The summed E-state index contributed by atoms with van der Waals surface area (Å²) < 4.78 is 38.4. The molecule has 0 saturated carbocycles. The second kappa shape index (κ2) is 4.20. The molecule has 82 valence electrons. The number of hydrogen-bond donors (Lipinski definition) is 1. The van der Waals surface area contributed by atoms with E-state index >= 15 is 0 Å². The lowest BCUT2D eigenvalue weighted by Crippen LogP contribution is -2.27. The Labute approximate surface area is 84.5 Å². The van der Waals surface area contributed by atoms with Crippen LogP contribution in [-0.4, -0.2) is 25.0 Å². The molecule has 3 nitrogen and oxygen atoms in total. The number of urea groups is 1. The maximum Gasteiger partial charge on any atom is 0.321 e. The molecule has 6 heteroatoms. The second-order valence-corrected chi connectivity index (χ2v) is 3.07. The van der Waals surface area contributed by atoms with Crippen molar-refractivity contribution >= 4 is 11.7 Å². The number of carbonyl (C=O) groups is 1. The maximum absolute atomic E-state index is 13.0. The van der Waals surface area contributed by atoms with Crippen molar-refractivity contribution in [2.24, 2.45) is 0 Å². The van der Waals surface area contributed by atoms with E-state index in [2.05, 4.69) is 0 Å². The topological polar surface area (TPSA) is 32.3 Å². The molecule has 15 heavy (non-hydrogen) atoms. The van der Waals surface area contributed by atoms with Crippen LogP contribution in [0.3, 0.4) is 0 Å². The van der Waals surface area contributed by atoms with Gasteiger partial charge in [-0.05, 0) is 0 Å². The van der Waals surface area contributed by atoms with Gasteiger partial charge in [-0.15, -0.1) is 0 Å². The van der Waals surface area contributed by atoms with Gasteiger partial charge in [0.1, 0.15) is 5.82 Å². The third-order valence-electron chi connectivity index (χ3n) is 1.64. The van der Waals surface area contributed by atoms with Crippen molar-refractivity contribution in [1.29, 1.82) is 0 Å². The number of benzene rings is 1. The molecule has 0 aliphatic heterocycles. The van der Waals surface area contributed by atoms with Gasteiger partial charge >= 0.3 is 6.03 Å². The third kappa shape index (κ3) is 2.61. The number of nitrogens with zero attached hydrogens (tertiary/aromatic N) is 1. The van der Waals surface area contributed by atoms with E-state index in [0.717, 1.165) is 4.90 Å². The van der Waals surface area contributed by atoms with Crippen molar-refractivity contribution in [1.82, 2.24) is 4.90 Å². The molecule has 0 bridgehead atoms. The number of amides is 2. The fraction of sp³-hybridized carbons (Fsp3) is 0.222. The predicted molar refractivity (Wildman–Crippen MR) is 49.0 cm³/mol. The molecular weight excluding hydrogens is 209 g/mol. The number of hydrogen-bond acceptors (Lipinski definition) is 1. The molecule has 0 atom stereocenters. The number of carbonyl (C=O) groups excluding carboxylic acids is 1. The normalized spacial score (nSPS) is 9.93. The summed E-state index contributed by atoms with van der Waals surface area (Å²) in [7, 11) is 2.84. The van der Waals surface area contributed by atoms with Gasteiger partial charge < -0.3 is 10.2 Å². The van der Waals surface area contributed by atoms with E-state index in [4.69, 9.17) is 0 Å². The first-order chi connectivity index (χ1) is 6.91. The van der Waals surface area contributed by atoms with E-state index in [0.29, 0.717) is 12.1 Å². The quantitative estimate of drug-likeness (QED) is 0.720. The van der Waals surface area contributed by atoms with E-state index < -0.39 is 29.2 Å². The van der Waals surface area contributed by atoms with Crippen molar-refractivity contribution in [2.75, 3.05) is 19.4 Å². The highest BCUT2D eigenvalue weighted by Crippen LogP contribution is 2.19. The minimum Gasteiger partial charge on any atom is -0.331 e. The molecule has 1 aromatic carbocycles. The number of anilines is 1. The smallest absolute Gasteiger partial charge is 0.321 e. The van der Waals surface area contributed by atoms with E-state index in [-0.39, 0.29) is 0 Å². The molecular formula is C9H9F3N2O. The zero-order valence-electron chi connectivity index (χ0n) is 8.14. The highest BCUT2D eigenvalue weighted by molar-refractivity contribution is 5.89. The Morgan fingerprint density at radius 2 is 1.87 bits per heavy atom. The molecule has 0 fully saturated rings. The summed E-state index contributed by atoms with van der Waals surface area (Å²) in [5.41, 5.74) is -0.522. The molecule has 0 aliphatic carbocycles. The molecule has 1 aromatic rings. The van der Waals surface area contributed by atoms with Crippen LogP contribution in [0.25, 0.3) is 0 Å². The van der Waals surface area contributed by atoms with Crippen LogP contribution in [0.2, 0.25) is 0 Å². The van der Waals surface area contributed by atoms with E-state index in [1.165, 1.54) is 14.1 Å². The zero-order valence-corrected chi connectivity index (χ0v) is 8.14. The Morgan fingerprint density at radius 3 is 2.40 bits per heavy atom. The molecule has 1 rings (SSSR count). The first-order valence-electron chi connectivity index (χ1n) is 4.04. The fourth-order valence-corrected chi connectivity index (χ4v) is 0.874. The summed E-state index contributed by atoms with van der Waals surface area (Å²) in [5.74, 6) is -3.58. The molecule has 0 aromatic heterocycles. The van der Waals surface area contributed by atoms with Crippen LogP contribution in [0.1, 0.15) is 0 Å². The first-order valence-corrected chi connectivity index (χ1v) is 4.04. The van der Waals surface area contributed by atoms with Crippen LogP contribution >= 0.6 is 0 Å². The Morgan fingerprint density at radius 1 is 1.27 bits per heavy atom. The molecule has 2 amide bonds.